The molecule has 18 heavy (non-hydrogen) atoms. The van der Waals surface area contributed by atoms with Gasteiger partial charge in [0.15, 0.2) is 11.6 Å². The van der Waals surface area contributed by atoms with E-state index in [4.69, 9.17) is 5.73 Å². The van der Waals surface area contributed by atoms with Crippen molar-refractivity contribution in [1.29, 1.82) is 0 Å². The fourth-order valence-electron chi connectivity index (χ4n) is 1.48. The van der Waals surface area contributed by atoms with Crippen molar-refractivity contribution in [2.24, 2.45) is 0 Å². The number of nitrogens with zero attached hydrogens (tertiary/aromatic N) is 2. The number of anilines is 1. The van der Waals surface area contributed by atoms with Gasteiger partial charge in [-0.2, -0.15) is 0 Å². The minimum Gasteiger partial charge on any atom is -0.367 e. The summed E-state index contributed by atoms with van der Waals surface area (Å²) in [4.78, 5) is 9.97. The van der Waals surface area contributed by atoms with Crippen molar-refractivity contribution in [3.63, 3.8) is 0 Å². The van der Waals surface area contributed by atoms with Crippen molar-refractivity contribution in [3.05, 3.63) is 39.4 Å². The zero-order valence-electron chi connectivity index (χ0n) is 9.11. The van der Waals surface area contributed by atoms with Gasteiger partial charge in [0, 0.05) is 5.56 Å². The van der Waals surface area contributed by atoms with Gasteiger partial charge in [-0.3, -0.25) is 10.1 Å². The van der Waals surface area contributed by atoms with Gasteiger partial charge in [0.05, 0.1) is 16.6 Å². The molecule has 0 aliphatic heterocycles. The second kappa shape index (κ2) is 4.06. The van der Waals surface area contributed by atoms with Crippen molar-refractivity contribution in [3.8, 4) is 11.3 Å². The van der Waals surface area contributed by atoms with Gasteiger partial charge in [0.25, 0.3) is 5.69 Å². The van der Waals surface area contributed by atoms with Crippen LogP contribution in [0.25, 0.3) is 11.3 Å². The maximum absolute atomic E-state index is 13.2. The second-order valence-corrected chi connectivity index (χ2v) is 3.56. The lowest BCUT2D eigenvalue weighted by Crippen LogP contribution is -1.97. The standard InChI is InChI=1S/C10H7F2N3O3/c1-4-9(14-18-10(4)13)5-2-6(11)7(12)3-8(5)15(16)17/h2-3H,13H2,1H3. The topological polar surface area (TPSA) is 95.2 Å². The number of aromatic nitrogens is 1. The van der Waals surface area contributed by atoms with E-state index in [1.807, 2.05) is 0 Å². The summed E-state index contributed by atoms with van der Waals surface area (Å²) in [5.41, 5.74) is 4.95. The normalized spacial score (nSPS) is 10.6. The van der Waals surface area contributed by atoms with Crippen LogP contribution in [0.3, 0.4) is 0 Å². The van der Waals surface area contributed by atoms with Crippen molar-refractivity contribution in [2.75, 3.05) is 5.73 Å². The molecule has 0 amide bonds. The first-order chi connectivity index (χ1) is 8.41. The molecule has 0 saturated heterocycles. The summed E-state index contributed by atoms with van der Waals surface area (Å²) >= 11 is 0. The summed E-state index contributed by atoms with van der Waals surface area (Å²) in [5.74, 6) is -2.56. The lowest BCUT2D eigenvalue weighted by molar-refractivity contribution is -0.384. The molecule has 2 rings (SSSR count). The zero-order chi connectivity index (χ0) is 13.4. The van der Waals surface area contributed by atoms with E-state index in [2.05, 4.69) is 9.68 Å². The molecule has 2 N–H and O–H groups in total. The Morgan fingerprint density at radius 2 is 2.00 bits per heavy atom. The van der Waals surface area contributed by atoms with Crippen LogP contribution in [0.5, 0.6) is 0 Å². The number of hydrogen-bond donors (Lipinski definition) is 1. The molecule has 94 valence electrons. The van der Waals surface area contributed by atoms with E-state index in [-0.39, 0.29) is 17.1 Å². The summed E-state index contributed by atoms with van der Waals surface area (Å²) in [6, 6.07) is 1.19. The summed E-state index contributed by atoms with van der Waals surface area (Å²) in [7, 11) is 0. The number of hydrogen-bond acceptors (Lipinski definition) is 5. The van der Waals surface area contributed by atoms with Crippen LogP contribution in [0.15, 0.2) is 16.7 Å². The number of benzene rings is 1. The van der Waals surface area contributed by atoms with Gasteiger partial charge in [-0.1, -0.05) is 5.16 Å². The molecule has 8 heteroatoms. The molecular formula is C10H7F2N3O3. The number of halogens is 2. The fraction of sp³-hybridized carbons (Fsp3) is 0.100. The van der Waals surface area contributed by atoms with Crippen LogP contribution in [-0.2, 0) is 0 Å². The van der Waals surface area contributed by atoms with E-state index in [0.717, 1.165) is 0 Å². The van der Waals surface area contributed by atoms with E-state index < -0.39 is 22.2 Å². The number of nitrogen functional groups attached to an aromatic ring is 1. The van der Waals surface area contributed by atoms with Gasteiger partial charge in [-0.05, 0) is 13.0 Å². The van der Waals surface area contributed by atoms with Crippen LogP contribution >= 0.6 is 0 Å². The fourth-order valence-corrected chi connectivity index (χ4v) is 1.48. The van der Waals surface area contributed by atoms with E-state index in [1.165, 1.54) is 6.92 Å². The molecule has 0 bridgehead atoms. The van der Waals surface area contributed by atoms with Crippen molar-refractivity contribution in [1.82, 2.24) is 5.16 Å². The molecule has 0 radical (unpaired) electrons. The minimum atomic E-state index is -1.31. The second-order valence-electron chi connectivity index (χ2n) is 3.56. The summed E-state index contributed by atoms with van der Waals surface area (Å²) < 4.78 is 30.8. The summed E-state index contributed by atoms with van der Waals surface area (Å²) in [6.07, 6.45) is 0. The Balaban J connectivity index is 2.74. The highest BCUT2D eigenvalue weighted by Gasteiger charge is 2.24. The molecule has 0 spiro atoms. The van der Waals surface area contributed by atoms with Crippen LogP contribution in [-0.4, -0.2) is 10.1 Å². The van der Waals surface area contributed by atoms with Gasteiger partial charge >= 0.3 is 0 Å². The molecule has 1 aromatic heterocycles. The Labute approximate surface area is 99.1 Å². The SMILES string of the molecule is Cc1c(-c2cc(F)c(F)cc2[N+](=O)[O-])noc1N. The molecular weight excluding hydrogens is 248 g/mol. The first kappa shape index (κ1) is 12.0. The zero-order valence-corrected chi connectivity index (χ0v) is 9.11. The van der Waals surface area contributed by atoms with Crippen molar-refractivity contribution < 1.29 is 18.2 Å². The lowest BCUT2D eigenvalue weighted by Gasteiger charge is -2.01. The molecule has 1 aromatic carbocycles. The average Bonchev–Trinajstić information content (AvgIpc) is 2.63. The Morgan fingerprint density at radius 3 is 2.50 bits per heavy atom. The highest BCUT2D eigenvalue weighted by atomic mass is 19.2. The van der Waals surface area contributed by atoms with Gasteiger partial charge < -0.3 is 10.3 Å². The molecule has 6 nitrogen and oxygen atoms in total. The Morgan fingerprint density at radius 1 is 1.39 bits per heavy atom. The maximum atomic E-state index is 13.2. The molecule has 2 aromatic rings. The smallest absolute Gasteiger partial charge is 0.282 e. The molecule has 0 atom stereocenters. The molecule has 0 fully saturated rings. The highest BCUT2D eigenvalue weighted by molar-refractivity contribution is 5.75. The third kappa shape index (κ3) is 1.77. The van der Waals surface area contributed by atoms with E-state index in [1.54, 1.807) is 0 Å². The predicted octanol–water partition coefficient (Wildman–Crippen LogP) is 2.42. The van der Waals surface area contributed by atoms with Crippen LogP contribution in [0.1, 0.15) is 5.56 Å². The summed E-state index contributed by atoms with van der Waals surface area (Å²) in [6.45, 7) is 1.51. The molecule has 0 aliphatic carbocycles. The number of nitro groups is 1. The van der Waals surface area contributed by atoms with E-state index in [9.17, 15) is 18.9 Å². The van der Waals surface area contributed by atoms with Crippen LogP contribution in [0.4, 0.5) is 20.4 Å². The quantitative estimate of drug-likeness (QED) is 0.656. The Hall–Kier alpha value is -2.51. The van der Waals surface area contributed by atoms with Crippen LogP contribution < -0.4 is 5.73 Å². The molecule has 0 aliphatic rings. The Kier molecular flexibility index (Phi) is 2.70. The first-order valence-corrected chi connectivity index (χ1v) is 4.77. The highest BCUT2D eigenvalue weighted by Crippen LogP contribution is 2.34. The molecule has 0 unspecified atom stereocenters. The molecule has 0 saturated carbocycles. The minimum absolute atomic E-state index is 0.0121. The monoisotopic (exact) mass is 255 g/mol. The van der Waals surface area contributed by atoms with Gasteiger partial charge in [0.1, 0.15) is 5.69 Å². The third-order valence-electron chi connectivity index (χ3n) is 2.45. The lowest BCUT2D eigenvalue weighted by atomic mass is 10.1. The predicted molar refractivity (Wildman–Crippen MR) is 57.7 cm³/mol. The third-order valence-corrected chi connectivity index (χ3v) is 2.45. The van der Waals surface area contributed by atoms with Gasteiger partial charge in [-0.15, -0.1) is 0 Å². The number of rotatable bonds is 2. The van der Waals surface area contributed by atoms with Crippen LogP contribution in [0, 0.1) is 28.7 Å². The number of nitrogens with two attached hydrogens (primary N) is 1. The number of nitro benzene ring substituents is 1. The largest absolute Gasteiger partial charge is 0.367 e. The molecule has 1 heterocycles. The van der Waals surface area contributed by atoms with Crippen molar-refractivity contribution >= 4 is 11.6 Å². The van der Waals surface area contributed by atoms with Gasteiger partial charge in [0.2, 0.25) is 5.88 Å². The van der Waals surface area contributed by atoms with Crippen LogP contribution in [0.2, 0.25) is 0 Å². The van der Waals surface area contributed by atoms with Crippen molar-refractivity contribution in [2.45, 2.75) is 6.92 Å². The van der Waals surface area contributed by atoms with Gasteiger partial charge in [-0.25, -0.2) is 8.78 Å². The van der Waals surface area contributed by atoms with E-state index >= 15 is 0 Å². The van der Waals surface area contributed by atoms with E-state index in [0.29, 0.717) is 17.7 Å². The average molecular weight is 255 g/mol. The summed E-state index contributed by atoms with van der Waals surface area (Å²) in [5, 5.41) is 14.3. The Bertz CT molecular complexity index is 640. The maximum Gasteiger partial charge on any atom is 0.282 e. The first-order valence-electron chi connectivity index (χ1n) is 4.77.